The minimum Gasteiger partial charge on any atom is -0.393 e. The van der Waals surface area contributed by atoms with E-state index in [-0.39, 0.29) is 12.8 Å². The first-order valence-corrected chi connectivity index (χ1v) is 25.2. The number of hydrogen-bond acceptors (Lipinski definition) is 11. The second-order valence-corrected chi connectivity index (χ2v) is 18.6. The van der Waals surface area contributed by atoms with E-state index in [0.29, 0.717) is 19.3 Å². The average molecular weight is 866 g/mol. The fraction of sp³-hybridized carbons (Fsp3) is 0.933. The molecule has 0 heterocycles. The molecule has 8 unspecified atom stereocenters. The second-order valence-electron chi connectivity index (χ2n) is 17.1. The van der Waals surface area contributed by atoms with E-state index in [2.05, 4.69) is 31.3 Å². The number of aliphatic hydroxyl groups is 7. The first-order chi connectivity index (χ1) is 28.3. The van der Waals surface area contributed by atoms with Crippen LogP contribution in [0.4, 0.5) is 0 Å². The topological polar surface area (TPSA) is 226 Å². The van der Waals surface area contributed by atoms with Gasteiger partial charge in [0.1, 0.15) is 36.6 Å². The summed E-state index contributed by atoms with van der Waals surface area (Å²) in [6.45, 7) is 3.77. The van der Waals surface area contributed by atoms with E-state index in [0.717, 1.165) is 44.9 Å². The largest absolute Gasteiger partial charge is 0.472 e. The highest BCUT2D eigenvalue weighted by molar-refractivity contribution is 7.47. The third kappa shape index (κ3) is 27.7. The molecule has 1 fully saturated rings. The number of rotatable bonds is 39. The highest BCUT2D eigenvalue weighted by Gasteiger charge is 2.51. The van der Waals surface area contributed by atoms with Crippen LogP contribution in [0.1, 0.15) is 206 Å². The average Bonchev–Trinajstić information content (AvgIpc) is 3.21. The molecule has 1 rings (SSSR count). The van der Waals surface area contributed by atoms with Crippen molar-refractivity contribution in [2.75, 3.05) is 6.61 Å². The molecule has 1 aliphatic carbocycles. The second kappa shape index (κ2) is 35.5. The van der Waals surface area contributed by atoms with Crippen LogP contribution in [-0.4, -0.2) is 108 Å². The van der Waals surface area contributed by atoms with E-state index in [1.165, 1.54) is 116 Å². The lowest BCUT2D eigenvalue weighted by Crippen LogP contribution is -2.64. The zero-order chi connectivity index (χ0) is 43.7. The summed E-state index contributed by atoms with van der Waals surface area (Å²) in [5.74, 6) is -0.575. The number of aliphatic hydroxyl groups excluding tert-OH is 7. The lowest BCUT2D eigenvalue weighted by molar-refractivity contribution is -0.220. The van der Waals surface area contributed by atoms with Crippen molar-refractivity contribution in [2.45, 2.75) is 261 Å². The van der Waals surface area contributed by atoms with E-state index >= 15 is 0 Å². The van der Waals surface area contributed by atoms with E-state index in [9.17, 15) is 50.0 Å². The first-order valence-electron chi connectivity index (χ1n) is 23.7. The van der Waals surface area contributed by atoms with Gasteiger partial charge in [-0.3, -0.25) is 13.8 Å². The maximum absolute atomic E-state index is 13.0. The molecule has 1 aliphatic rings. The van der Waals surface area contributed by atoms with E-state index in [4.69, 9.17) is 9.05 Å². The molecule has 1 amide bonds. The van der Waals surface area contributed by atoms with Crippen LogP contribution in [0.15, 0.2) is 12.2 Å². The van der Waals surface area contributed by atoms with Gasteiger partial charge in [0.05, 0.1) is 31.3 Å². The van der Waals surface area contributed by atoms with E-state index < -0.39 is 75.2 Å². The maximum atomic E-state index is 13.0. The summed E-state index contributed by atoms with van der Waals surface area (Å²) in [5, 5.41) is 74.5. The van der Waals surface area contributed by atoms with Gasteiger partial charge in [-0.05, 0) is 38.5 Å². The van der Waals surface area contributed by atoms with Gasteiger partial charge < -0.3 is 46.0 Å². The van der Waals surface area contributed by atoms with Gasteiger partial charge in [-0.1, -0.05) is 174 Å². The monoisotopic (exact) mass is 866 g/mol. The first kappa shape index (κ1) is 56.1. The molecule has 0 aromatic heterocycles. The molecule has 0 saturated heterocycles. The van der Waals surface area contributed by atoms with E-state index in [1.807, 2.05) is 0 Å². The molecule has 0 spiro atoms. The van der Waals surface area contributed by atoms with Gasteiger partial charge in [0.25, 0.3) is 0 Å². The van der Waals surface area contributed by atoms with Gasteiger partial charge in [-0.15, -0.1) is 0 Å². The predicted octanol–water partition coefficient (Wildman–Crippen LogP) is 7.81. The number of carbonyl (C=O) groups is 1. The Labute approximate surface area is 357 Å². The molecule has 0 aromatic carbocycles. The van der Waals surface area contributed by atoms with Crippen LogP contribution in [0, 0.1) is 0 Å². The number of phosphoric ester groups is 1. The summed E-state index contributed by atoms with van der Waals surface area (Å²) in [6.07, 6.45) is 22.7. The van der Waals surface area contributed by atoms with Crippen molar-refractivity contribution in [1.29, 1.82) is 0 Å². The number of carbonyl (C=O) groups excluding carboxylic acids is 1. The van der Waals surface area contributed by atoms with Gasteiger partial charge in [-0.25, -0.2) is 4.57 Å². The summed E-state index contributed by atoms with van der Waals surface area (Å²) < 4.78 is 22.9. The Morgan fingerprint density at radius 2 is 0.966 bits per heavy atom. The van der Waals surface area contributed by atoms with E-state index in [1.54, 1.807) is 0 Å². The normalized spacial score (nSPS) is 23.6. The lowest BCUT2D eigenvalue weighted by Gasteiger charge is -2.41. The molecule has 59 heavy (non-hydrogen) atoms. The Kier molecular flexibility index (Phi) is 33.7. The quantitative estimate of drug-likeness (QED) is 0.0164. The molecule has 0 bridgehead atoms. The van der Waals surface area contributed by atoms with Gasteiger partial charge in [-0.2, -0.15) is 0 Å². The fourth-order valence-electron chi connectivity index (χ4n) is 7.72. The van der Waals surface area contributed by atoms with Gasteiger partial charge in [0, 0.05) is 0 Å². The van der Waals surface area contributed by atoms with Crippen molar-refractivity contribution >= 4 is 13.7 Å². The number of hydrogen-bond donors (Lipinski definition) is 9. The van der Waals surface area contributed by atoms with Crippen LogP contribution in [0.5, 0.6) is 0 Å². The minimum atomic E-state index is -5.12. The summed E-state index contributed by atoms with van der Waals surface area (Å²) in [7, 11) is -5.12. The summed E-state index contributed by atoms with van der Waals surface area (Å²) in [5.41, 5.74) is 0. The van der Waals surface area contributed by atoms with Gasteiger partial charge in [0.15, 0.2) is 0 Å². The number of nitrogens with one attached hydrogen (secondary N) is 1. The Morgan fingerprint density at radius 3 is 1.42 bits per heavy atom. The molecule has 1 saturated carbocycles. The maximum Gasteiger partial charge on any atom is 0.472 e. The van der Waals surface area contributed by atoms with Crippen molar-refractivity contribution in [3.63, 3.8) is 0 Å². The molecule has 0 aromatic rings. The number of amides is 1. The Hall–Kier alpha value is -0.960. The molecule has 0 radical (unpaired) electrons. The van der Waals surface area contributed by atoms with Crippen molar-refractivity contribution < 1.29 is 59.0 Å². The summed E-state index contributed by atoms with van der Waals surface area (Å²) >= 11 is 0. The van der Waals surface area contributed by atoms with Crippen LogP contribution in [0.2, 0.25) is 0 Å². The molecule has 14 heteroatoms. The van der Waals surface area contributed by atoms with Crippen LogP contribution in [0.3, 0.4) is 0 Å². The highest BCUT2D eigenvalue weighted by Crippen LogP contribution is 2.47. The molecule has 9 N–H and O–H groups in total. The van der Waals surface area contributed by atoms with Crippen molar-refractivity contribution in [3.8, 4) is 0 Å². The smallest absolute Gasteiger partial charge is 0.393 e. The van der Waals surface area contributed by atoms with Crippen molar-refractivity contribution in [1.82, 2.24) is 5.32 Å². The van der Waals surface area contributed by atoms with Crippen LogP contribution < -0.4 is 5.32 Å². The SMILES string of the molecule is CCCCCCCC/C=C\CCCC(O)CC(=O)NC(COP(=O)(O)OC1C(O)C(O)C(O)C(O)C1O)C(O)CCCCCCCCCCCCCCCCCCCC. The summed E-state index contributed by atoms with van der Waals surface area (Å²) in [6, 6.07) is -1.16. The number of phosphoric acid groups is 1. The van der Waals surface area contributed by atoms with Gasteiger partial charge >= 0.3 is 7.82 Å². The predicted molar refractivity (Wildman–Crippen MR) is 234 cm³/mol. The molecule has 13 nitrogen and oxygen atoms in total. The Morgan fingerprint density at radius 1 is 0.576 bits per heavy atom. The Balaban J connectivity index is 2.52. The molecular formula is C45H88NO12P. The van der Waals surface area contributed by atoms with Crippen molar-refractivity contribution in [2.24, 2.45) is 0 Å². The van der Waals surface area contributed by atoms with Crippen molar-refractivity contribution in [3.05, 3.63) is 12.2 Å². The number of allylic oxidation sites excluding steroid dienone is 2. The third-order valence-electron chi connectivity index (χ3n) is 11.6. The molecule has 0 aliphatic heterocycles. The molecular weight excluding hydrogens is 777 g/mol. The Bertz CT molecular complexity index is 1070. The standard InChI is InChI=1S/C45H88NO12P/c1-3-5-7-9-11-13-15-16-17-18-19-20-21-23-25-27-29-31-33-38(48)37(35-57-59(55,56)58-45-43(53)41(51)40(50)42(52)44(45)54)46-39(49)34-36(47)32-30-28-26-24-22-14-12-10-8-6-4-2/h24,26,36-38,40-45,47-48,50-54H,3-23,25,27-35H2,1-2H3,(H,46,49)(H,55,56)/b26-24-. The van der Waals surface area contributed by atoms with Gasteiger partial charge in [0.2, 0.25) is 5.91 Å². The lowest BCUT2D eigenvalue weighted by atomic mass is 9.85. The molecule has 8 atom stereocenters. The van der Waals surface area contributed by atoms with Crippen LogP contribution in [0.25, 0.3) is 0 Å². The zero-order valence-corrected chi connectivity index (χ0v) is 37.8. The minimum absolute atomic E-state index is 0.240. The van der Waals surface area contributed by atoms with Crippen LogP contribution >= 0.6 is 7.82 Å². The summed E-state index contributed by atoms with van der Waals surface area (Å²) in [4.78, 5) is 23.4. The van der Waals surface area contributed by atoms with Crippen LogP contribution in [-0.2, 0) is 18.4 Å². The fourth-order valence-corrected chi connectivity index (χ4v) is 8.68. The number of unbranched alkanes of at least 4 members (excludes halogenated alkanes) is 24. The third-order valence-corrected chi connectivity index (χ3v) is 12.6. The molecule has 350 valence electrons. The zero-order valence-electron chi connectivity index (χ0n) is 36.9. The highest BCUT2D eigenvalue weighted by atomic mass is 31.2.